The molecular formula is C20H24FN4O3P. The molecule has 1 aliphatic carbocycles. The molecule has 1 fully saturated rings. The Balaban J connectivity index is 1.45. The van der Waals surface area contributed by atoms with Crippen LogP contribution >= 0.6 is 7.75 Å². The Morgan fingerprint density at radius 3 is 2.76 bits per heavy atom. The molecule has 0 saturated heterocycles. The van der Waals surface area contributed by atoms with Crippen LogP contribution in [0.1, 0.15) is 55.7 Å². The molecule has 1 aromatic carbocycles. The van der Waals surface area contributed by atoms with Crippen molar-refractivity contribution in [3.8, 4) is 5.88 Å². The summed E-state index contributed by atoms with van der Waals surface area (Å²) in [6, 6.07) is 8.39. The number of aromatic nitrogens is 3. The van der Waals surface area contributed by atoms with E-state index in [2.05, 4.69) is 22.1 Å². The fourth-order valence-corrected chi connectivity index (χ4v) is 4.77. The van der Waals surface area contributed by atoms with Crippen molar-refractivity contribution < 1.29 is 18.4 Å². The maximum atomic E-state index is 13.8. The molecule has 1 saturated carbocycles. The van der Waals surface area contributed by atoms with Gasteiger partial charge in [0.1, 0.15) is 5.82 Å². The van der Waals surface area contributed by atoms with Crippen molar-refractivity contribution in [2.75, 3.05) is 0 Å². The average molecular weight is 418 g/mol. The number of nitrogens with zero attached hydrogens (tertiary/aromatic N) is 2. The molecule has 0 aliphatic heterocycles. The summed E-state index contributed by atoms with van der Waals surface area (Å²) < 4.78 is 29.7. The Bertz CT molecular complexity index is 1060. The molecule has 2 aromatic heterocycles. The van der Waals surface area contributed by atoms with E-state index in [-0.39, 0.29) is 17.6 Å². The van der Waals surface area contributed by atoms with Gasteiger partial charge < -0.3 is 9.42 Å². The van der Waals surface area contributed by atoms with Gasteiger partial charge in [-0.05, 0) is 67.3 Å². The molecule has 7 nitrogen and oxygen atoms in total. The van der Waals surface area contributed by atoms with Gasteiger partial charge in [-0.15, -0.1) is 5.10 Å². The average Bonchev–Trinajstić information content (AvgIpc) is 3.13. The Labute approximate surface area is 168 Å². The molecule has 0 spiro atoms. The zero-order chi connectivity index (χ0) is 20.6. The summed E-state index contributed by atoms with van der Waals surface area (Å²) >= 11 is 0. The summed E-state index contributed by atoms with van der Waals surface area (Å²) in [6.45, 7) is 2.11. The Hall–Kier alpha value is -2.28. The van der Waals surface area contributed by atoms with Crippen molar-refractivity contribution in [1.29, 1.82) is 0 Å². The van der Waals surface area contributed by atoms with E-state index in [1.807, 2.05) is 6.07 Å². The maximum absolute atomic E-state index is 13.8. The second kappa shape index (κ2) is 7.86. The number of fused-ring (bicyclic) bond motifs is 1. The molecule has 154 valence electrons. The number of nitrogens with two attached hydrogens (primary N) is 1. The number of pyridine rings is 1. The SMILES string of the molecule is CC(c1cc(OP(N)(=O)O)n[nH]1)C1CCC(c2ccnc3ccc(F)cc23)CC1. The Kier molecular flexibility index (Phi) is 5.42. The van der Waals surface area contributed by atoms with Crippen LogP contribution in [0, 0.1) is 11.7 Å². The highest BCUT2D eigenvalue weighted by Gasteiger charge is 2.29. The quantitative estimate of drug-likeness (QED) is 0.521. The van der Waals surface area contributed by atoms with E-state index < -0.39 is 7.75 Å². The maximum Gasteiger partial charge on any atom is 0.454 e. The first kappa shape index (κ1) is 20.0. The van der Waals surface area contributed by atoms with Gasteiger partial charge in [0.05, 0.1) is 5.52 Å². The topological polar surface area (TPSA) is 114 Å². The van der Waals surface area contributed by atoms with E-state index >= 15 is 0 Å². The van der Waals surface area contributed by atoms with E-state index in [9.17, 15) is 8.96 Å². The van der Waals surface area contributed by atoms with Crippen molar-refractivity contribution in [3.05, 3.63) is 53.6 Å². The number of hydrogen-bond acceptors (Lipinski definition) is 4. The second-order valence-electron chi connectivity index (χ2n) is 7.78. The fraction of sp³-hybridized carbons (Fsp3) is 0.400. The van der Waals surface area contributed by atoms with Gasteiger partial charge in [-0.1, -0.05) is 6.92 Å². The number of H-pyrrole nitrogens is 1. The van der Waals surface area contributed by atoms with Crippen LogP contribution in [0.15, 0.2) is 36.5 Å². The summed E-state index contributed by atoms with van der Waals surface area (Å²) in [5.74, 6) is 0.811. The third-order valence-corrected chi connectivity index (χ3v) is 6.39. The molecule has 29 heavy (non-hydrogen) atoms. The highest BCUT2D eigenvalue weighted by molar-refractivity contribution is 7.50. The van der Waals surface area contributed by atoms with E-state index in [1.54, 1.807) is 24.4 Å². The molecular weight excluding hydrogens is 394 g/mol. The van der Waals surface area contributed by atoms with Gasteiger partial charge in [0.25, 0.3) is 0 Å². The molecule has 0 amide bonds. The lowest BCUT2D eigenvalue weighted by atomic mass is 9.73. The van der Waals surface area contributed by atoms with Gasteiger partial charge >= 0.3 is 7.75 Å². The molecule has 9 heteroatoms. The van der Waals surface area contributed by atoms with Gasteiger partial charge in [-0.2, -0.15) is 0 Å². The van der Waals surface area contributed by atoms with Gasteiger partial charge in [0.15, 0.2) is 0 Å². The van der Waals surface area contributed by atoms with Crippen LogP contribution in [0.5, 0.6) is 5.88 Å². The molecule has 4 N–H and O–H groups in total. The van der Waals surface area contributed by atoms with Crippen LogP contribution < -0.4 is 10.0 Å². The van der Waals surface area contributed by atoms with Gasteiger partial charge in [0.2, 0.25) is 5.88 Å². The summed E-state index contributed by atoms with van der Waals surface area (Å²) in [6.07, 6.45) is 5.87. The van der Waals surface area contributed by atoms with Gasteiger partial charge in [-0.3, -0.25) is 10.1 Å². The molecule has 2 atom stereocenters. The van der Waals surface area contributed by atoms with Crippen LogP contribution in [-0.4, -0.2) is 20.1 Å². The van der Waals surface area contributed by atoms with Crippen molar-refractivity contribution in [3.63, 3.8) is 0 Å². The van der Waals surface area contributed by atoms with Crippen LogP contribution in [0.3, 0.4) is 0 Å². The standard InChI is InChI=1S/C20H24FN4O3P/c1-12(19-11-20(25-24-19)28-29(22,26)27)13-2-4-14(5-3-13)16-8-9-23-18-7-6-15(21)10-17(16)18/h6-14H,2-5H2,1H3,(H,24,25)(H3,22,26,27). The summed E-state index contributed by atoms with van der Waals surface area (Å²) in [5.41, 5.74) is 7.87. The predicted octanol–water partition coefficient (Wildman–Crippen LogP) is 4.61. The number of halogens is 1. The smallest absolute Gasteiger partial charge is 0.393 e. The highest BCUT2D eigenvalue weighted by atomic mass is 31.2. The summed E-state index contributed by atoms with van der Waals surface area (Å²) in [4.78, 5) is 13.5. The van der Waals surface area contributed by atoms with Crippen LogP contribution in [0.25, 0.3) is 10.9 Å². The van der Waals surface area contributed by atoms with E-state index in [0.717, 1.165) is 42.3 Å². The monoisotopic (exact) mass is 418 g/mol. The Morgan fingerprint density at radius 2 is 2.03 bits per heavy atom. The fourth-order valence-electron chi connectivity index (χ4n) is 4.41. The largest absolute Gasteiger partial charge is 0.454 e. The van der Waals surface area contributed by atoms with E-state index in [0.29, 0.717) is 11.8 Å². The number of aromatic amines is 1. The van der Waals surface area contributed by atoms with E-state index in [4.69, 9.17) is 14.9 Å². The zero-order valence-electron chi connectivity index (χ0n) is 16.1. The lowest BCUT2D eigenvalue weighted by molar-refractivity contribution is 0.288. The molecule has 2 heterocycles. The lowest BCUT2D eigenvalue weighted by Crippen LogP contribution is -2.18. The Morgan fingerprint density at radius 1 is 1.28 bits per heavy atom. The number of benzene rings is 1. The van der Waals surface area contributed by atoms with Crippen molar-refractivity contribution in [1.82, 2.24) is 15.2 Å². The number of hydrogen-bond donors (Lipinski definition) is 3. The molecule has 0 bridgehead atoms. The van der Waals surface area contributed by atoms with Crippen molar-refractivity contribution >= 4 is 18.6 Å². The van der Waals surface area contributed by atoms with Crippen LogP contribution in [0.2, 0.25) is 0 Å². The normalized spacial score (nSPS) is 22.9. The molecule has 3 aromatic rings. The third-order valence-electron chi connectivity index (χ3n) is 5.95. The second-order valence-corrected chi connectivity index (χ2v) is 9.09. The van der Waals surface area contributed by atoms with Gasteiger partial charge in [0, 0.05) is 29.3 Å². The summed E-state index contributed by atoms with van der Waals surface area (Å²) in [7, 11) is -4.12. The minimum Gasteiger partial charge on any atom is -0.393 e. The zero-order valence-corrected chi connectivity index (χ0v) is 17.0. The first-order chi connectivity index (χ1) is 13.8. The molecule has 0 radical (unpaired) electrons. The van der Waals surface area contributed by atoms with Crippen LogP contribution in [-0.2, 0) is 4.57 Å². The molecule has 1 aliphatic rings. The lowest BCUT2D eigenvalue weighted by Gasteiger charge is -2.32. The van der Waals surface area contributed by atoms with Crippen molar-refractivity contribution in [2.24, 2.45) is 11.4 Å². The number of nitrogens with one attached hydrogen (secondary N) is 1. The summed E-state index contributed by atoms with van der Waals surface area (Å²) in [5, 5.41) is 7.70. The minimum atomic E-state index is -4.12. The highest BCUT2D eigenvalue weighted by Crippen LogP contribution is 2.43. The molecule has 4 rings (SSSR count). The molecule has 2 unspecified atom stereocenters. The van der Waals surface area contributed by atoms with Crippen molar-refractivity contribution in [2.45, 2.75) is 44.4 Å². The van der Waals surface area contributed by atoms with Gasteiger partial charge in [-0.25, -0.2) is 14.5 Å². The first-order valence-electron chi connectivity index (χ1n) is 9.70. The number of rotatable bonds is 5. The van der Waals surface area contributed by atoms with Crippen LogP contribution in [0.4, 0.5) is 4.39 Å². The predicted molar refractivity (Wildman–Crippen MR) is 108 cm³/mol. The first-order valence-corrected chi connectivity index (χ1v) is 11.4. The third kappa shape index (κ3) is 4.50. The van der Waals surface area contributed by atoms with E-state index in [1.165, 1.54) is 11.6 Å². The minimum absolute atomic E-state index is 0.0270.